The summed E-state index contributed by atoms with van der Waals surface area (Å²) in [6.07, 6.45) is -24.3. The van der Waals surface area contributed by atoms with E-state index >= 15 is 0 Å². The Balaban J connectivity index is 1.41. The number of hydrogen-bond acceptors (Lipinski definition) is 17. The van der Waals surface area contributed by atoms with Gasteiger partial charge in [-0.15, -0.1) is 0 Å². The molecule has 0 bridgehead atoms. The molecule has 13 N–H and O–H groups in total. The van der Waals surface area contributed by atoms with Gasteiger partial charge < -0.3 is 85.0 Å². The maximum absolute atomic E-state index is 11.8. The van der Waals surface area contributed by atoms with Crippen molar-refractivity contribution in [2.75, 3.05) is 13.2 Å². The third-order valence-corrected chi connectivity index (χ3v) is 10.8. The van der Waals surface area contributed by atoms with Crippen molar-refractivity contribution in [1.82, 2.24) is 0 Å². The first-order valence-electron chi connectivity index (χ1n) is 16.6. The summed E-state index contributed by atoms with van der Waals surface area (Å²) in [6.45, 7) is -1.40. The highest BCUT2D eigenvalue weighted by molar-refractivity contribution is 5.90. The zero-order valence-corrected chi connectivity index (χ0v) is 26.5. The van der Waals surface area contributed by atoms with Gasteiger partial charge in [-0.3, -0.25) is 9.59 Å². The van der Waals surface area contributed by atoms with Crippen LogP contribution in [0.4, 0.5) is 0 Å². The summed E-state index contributed by atoms with van der Waals surface area (Å²) in [6, 6.07) is 0. The quantitative estimate of drug-likeness (QED) is 0.0600. The molecule has 5 rings (SSSR count). The van der Waals surface area contributed by atoms with Crippen LogP contribution in [-0.4, -0.2) is 195 Å². The summed E-state index contributed by atoms with van der Waals surface area (Å²) >= 11 is 0. The van der Waals surface area contributed by atoms with Gasteiger partial charge in [0, 0.05) is 12.3 Å². The van der Waals surface area contributed by atoms with Crippen molar-refractivity contribution >= 4 is 11.9 Å². The maximum atomic E-state index is 11.8. The Morgan fingerprint density at radius 1 is 0.694 bits per heavy atom. The second-order valence-electron chi connectivity index (χ2n) is 13.9. The number of rotatable bonds is 9. The van der Waals surface area contributed by atoms with Gasteiger partial charge in [0.15, 0.2) is 18.5 Å². The first kappa shape index (κ1) is 38.6. The van der Waals surface area contributed by atoms with Crippen LogP contribution >= 0.6 is 0 Å². The summed E-state index contributed by atoms with van der Waals surface area (Å²) in [5, 5.41) is 125. The van der Waals surface area contributed by atoms with Crippen LogP contribution in [0.2, 0.25) is 0 Å². The monoisotopic (exact) mass is 713 g/mol. The van der Waals surface area contributed by atoms with E-state index in [1.807, 2.05) is 0 Å². The van der Waals surface area contributed by atoms with Crippen molar-refractivity contribution in [3.05, 3.63) is 0 Å². The number of carbonyl (C=O) groups excluding carboxylic acids is 1. The molecule has 19 nitrogen and oxygen atoms in total. The Hall–Kier alpha value is -1.66. The number of esters is 1. The SMILES string of the molecule is O=C(O)CC(=O)OC[C@H]1O[C@@H](OC2CC3C(O)CC(O)C([C@@H]4O[C@H](CO)[C@@H](O)[C@H](O)[C@H]4O)C3[OH+]C2C2CCC(O)C(O)C2)[C@H](O)[C@@H](O)[C@@H]1O. The number of aliphatic hydroxyl groups is 13. The Labute approximate surface area is 280 Å². The minimum absolute atomic E-state index is 0.0146. The molecule has 5 aliphatic rings. The molecule has 0 aromatic heterocycles. The molecule has 3 saturated heterocycles. The van der Waals surface area contributed by atoms with Gasteiger partial charge in [-0.25, -0.2) is 0 Å². The van der Waals surface area contributed by atoms with Crippen molar-refractivity contribution in [3.8, 4) is 0 Å². The second kappa shape index (κ2) is 15.9. The molecule has 0 aromatic rings. The number of fused-ring (bicyclic) bond motifs is 1. The largest absolute Gasteiger partial charge is 0.481 e. The highest BCUT2D eigenvalue weighted by atomic mass is 16.7. The van der Waals surface area contributed by atoms with E-state index in [0.29, 0.717) is 6.42 Å². The van der Waals surface area contributed by atoms with Crippen LogP contribution in [0, 0.1) is 17.8 Å². The molecule has 2 saturated carbocycles. The molecule has 20 atom stereocenters. The molecule has 3 aliphatic heterocycles. The molecule has 10 unspecified atom stereocenters. The molecule has 0 spiro atoms. The molecule has 3 heterocycles. The summed E-state index contributed by atoms with van der Waals surface area (Å²) in [5.41, 5.74) is 0. The molecule has 282 valence electrons. The third kappa shape index (κ3) is 8.06. The second-order valence-corrected chi connectivity index (χ2v) is 13.9. The van der Waals surface area contributed by atoms with Gasteiger partial charge in [0.25, 0.3) is 0 Å². The standard InChI is InChI=1S/C30H48O19/c31-7-16-21(39)23(41)25(43)29(46-16)20-14(35)5-12(33)10-4-15(27(49-28(10)20)9-1-2-11(32)13(34)3-9)47-30-26(44)24(42)22(40)17(48-30)8-45-19(38)6-18(36)37/h9-17,20-35,39-44H,1-8H2,(H,36,37)/p+1/t9?,10?,11?,12?,13?,14?,15?,16-,17-,20?,21-,22-,23+,24+,25-,26-,27?,28?,29+,30-/m1/s1. The lowest BCUT2D eigenvalue weighted by molar-refractivity contribution is -0.372. The fourth-order valence-corrected chi connectivity index (χ4v) is 8.11. The summed E-state index contributed by atoms with van der Waals surface area (Å²) < 4.78 is 27.6. The van der Waals surface area contributed by atoms with E-state index in [1.54, 1.807) is 0 Å². The van der Waals surface area contributed by atoms with Crippen molar-refractivity contribution in [3.63, 3.8) is 0 Å². The zero-order chi connectivity index (χ0) is 35.9. The average Bonchev–Trinajstić information content (AvgIpc) is 3.05. The van der Waals surface area contributed by atoms with Gasteiger partial charge in [0.2, 0.25) is 0 Å². The number of carboxylic acids is 1. The van der Waals surface area contributed by atoms with Crippen molar-refractivity contribution < 1.29 is 94.6 Å². The van der Waals surface area contributed by atoms with Crippen LogP contribution in [-0.2, 0) is 28.5 Å². The summed E-state index contributed by atoms with van der Waals surface area (Å²) in [7, 11) is 0. The zero-order valence-electron chi connectivity index (χ0n) is 26.5. The number of ether oxygens (including phenoxy) is 5. The van der Waals surface area contributed by atoms with Crippen LogP contribution in [0.1, 0.15) is 38.5 Å². The Bertz CT molecular complexity index is 1130. The first-order valence-corrected chi connectivity index (χ1v) is 16.6. The van der Waals surface area contributed by atoms with Gasteiger partial charge in [0.05, 0.1) is 49.0 Å². The minimum atomic E-state index is -1.86. The van der Waals surface area contributed by atoms with Crippen molar-refractivity contribution in [1.29, 1.82) is 0 Å². The lowest BCUT2D eigenvalue weighted by Crippen LogP contribution is -2.69. The number of aliphatic hydroxyl groups excluding tert-OH is 11. The Morgan fingerprint density at radius 3 is 2.02 bits per heavy atom. The lowest BCUT2D eigenvalue weighted by Gasteiger charge is -2.53. The maximum Gasteiger partial charge on any atom is 0.317 e. The summed E-state index contributed by atoms with van der Waals surface area (Å²) in [4.78, 5) is 22.6. The van der Waals surface area contributed by atoms with Crippen LogP contribution in [0.3, 0.4) is 0 Å². The van der Waals surface area contributed by atoms with E-state index in [9.17, 15) is 65.8 Å². The van der Waals surface area contributed by atoms with E-state index < -0.39 is 153 Å². The molecule has 0 amide bonds. The van der Waals surface area contributed by atoms with E-state index in [1.165, 1.54) is 0 Å². The van der Waals surface area contributed by atoms with E-state index in [2.05, 4.69) is 0 Å². The van der Waals surface area contributed by atoms with E-state index in [0.717, 1.165) is 0 Å². The topological polar surface area (TPSA) is 327 Å². The van der Waals surface area contributed by atoms with Gasteiger partial charge in [-0.1, -0.05) is 0 Å². The number of hydrogen-bond donors (Lipinski definition) is 12. The summed E-state index contributed by atoms with van der Waals surface area (Å²) in [5.74, 6) is -4.91. The van der Waals surface area contributed by atoms with Gasteiger partial charge in [0.1, 0.15) is 68.0 Å². The van der Waals surface area contributed by atoms with E-state index in [4.69, 9.17) is 28.8 Å². The predicted molar refractivity (Wildman–Crippen MR) is 156 cm³/mol. The van der Waals surface area contributed by atoms with E-state index in [-0.39, 0.29) is 25.7 Å². The smallest absolute Gasteiger partial charge is 0.317 e. The third-order valence-electron chi connectivity index (χ3n) is 10.8. The molecule has 0 aromatic carbocycles. The first-order chi connectivity index (χ1) is 23.1. The number of aliphatic carboxylic acids is 1. The average molecular weight is 714 g/mol. The minimum Gasteiger partial charge on any atom is -0.481 e. The molecule has 49 heavy (non-hydrogen) atoms. The van der Waals surface area contributed by atoms with Crippen LogP contribution in [0.25, 0.3) is 0 Å². The molecular weight excluding hydrogens is 664 g/mol. The van der Waals surface area contributed by atoms with Crippen molar-refractivity contribution in [2.45, 2.75) is 142 Å². The van der Waals surface area contributed by atoms with Crippen LogP contribution in [0.5, 0.6) is 0 Å². The normalized spacial score (nSPS) is 50.7. The Morgan fingerprint density at radius 2 is 1.37 bits per heavy atom. The number of carboxylic acid groups (broad SMARTS) is 1. The highest BCUT2D eigenvalue weighted by Gasteiger charge is 2.62. The van der Waals surface area contributed by atoms with Crippen LogP contribution in [0.15, 0.2) is 0 Å². The predicted octanol–water partition coefficient (Wildman–Crippen LogP) is -6.41. The molecular formula is C30H49O19+. The molecule has 5 fully saturated rings. The molecule has 0 radical (unpaired) electrons. The number of carbonyl (C=O) groups is 2. The molecule has 2 aliphatic carbocycles. The van der Waals surface area contributed by atoms with Gasteiger partial charge >= 0.3 is 11.9 Å². The Kier molecular flexibility index (Phi) is 12.5. The fourth-order valence-electron chi connectivity index (χ4n) is 8.11. The fraction of sp³-hybridized carbons (Fsp3) is 0.933. The van der Waals surface area contributed by atoms with Gasteiger partial charge in [-0.05, 0) is 25.7 Å². The van der Waals surface area contributed by atoms with Crippen molar-refractivity contribution in [2.24, 2.45) is 17.8 Å². The van der Waals surface area contributed by atoms with Gasteiger partial charge in [-0.2, -0.15) is 0 Å². The van der Waals surface area contributed by atoms with Crippen LogP contribution < -0.4 is 0 Å². The lowest BCUT2D eigenvalue weighted by atomic mass is 9.66. The molecule has 19 heteroatoms. The highest BCUT2D eigenvalue weighted by Crippen LogP contribution is 2.46.